The average molecular weight is 494 g/mol. The van der Waals surface area contributed by atoms with Crippen LogP contribution in [0.3, 0.4) is 0 Å². The van der Waals surface area contributed by atoms with Crippen LogP contribution >= 0.6 is 35.6 Å². The second-order valence-corrected chi connectivity index (χ2v) is 8.75. The van der Waals surface area contributed by atoms with Crippen LogP contribution in [0.1, 0.15) is 43.4 Å². The van der Waals surface area contributed by atoms with Crippen LogP contribution in [0.2, 0.25) is 10.0 Å². The normalized spacial score (nSPS) is 13.0. The van der Waals surface area contributed by atoms with Gasteiger partial charge in [0.15, 0.2) is 5.78 Å². The molecule has 168 valence electrons. The van der Waals surface area contributed by atoms with Crippen LogP contribution in [0, 0.1) is 0 Å². The molecule has 8 heteroatoms. The van der Waals surface area contributed by atoms with Crippen molar-refractivity contribution in [3.63, 3.8) is 0 Å². The Bertz CT molecular complexity index is 1140. The Morgan fingerprint density at radius 2 is 1.72 bits per heavy atom. The molecule has 1 aromatic heterocycles. The monoisotopic (exact) mass is 492 g/mol. The highest BCUT2D eigenvalue weighted by molar-refractivity contribution is 6.37. The van der Waals surface area contributed by atoms with Crippen LogP contribution in [-0.4, -0.2) is 42.1 Å². The van der Waals surface area contributed by atoms with E-state index in [0.29, 0.717) is 46.2 Å². The molecule has 0 unspecified atom stereocenters. The second kappa shape index (κ2) is 10.1. The van der Waals surface area contributed by atoms with Gasteiger partial charge in [-0.1, -0.05) is 35.3 Å². The number of ketones is 1. The van der Waals surface area contributed by atoms with Crippen LogP contribution < -0.4 is 0 Å². The molecular weight excluding hydrogens is 471 g/mol. The lowest BCUT2D eigenvalue weighted by Gasteiger charge is -2.26. The van der Waals surface area contributed by atoms with E-state index >= 15 is 0 Å². The molecule has 2 heterocycles. The van der Waals surface area contributed by atoms with E-state index in [1.807, 2.05) is 30.0 Å². The van der Waals surface area contributed by atoms with Gasteiger partial charge in [-0.25, -0.2) is 0 Å². The summed E-state index contributed by atoms with van der Waals surface area (Å²) in [6.07, 6.45) is 0.695. The molecule has 0 fully saturated rings. The molecule has 2 aromatic carbocycles. The summed E-state index contributed by atoms with van der Waals surface area (Å²) in [6, 6.07) is 13.5. The van der Waals surface area contributed by atoms with Crippen LogP contribution in [0.25, 0.3) is 0 Å². The van der Waals surface area contributed by atoms with Gasteiger partial charge >= 0.3 is 0 Å². The summed E-state index contributed by atoms with van der Waals surface area (Å²) in [4.78, 5) is 29.6. The topological polar surface area (TPSA) is 53.8 Å². The van der Waals surface area contributed by atoms with Crippen molar-refractivity contribution >= 4 is 47.3 Å². The quantitative estimate of drug-likeness (QED) is 0.441. The highest BCUT2D eigenvalue weighted by Gasteiger charge is 2.25. The summed E-state index contributed by atoms with van der Waals surface area (Å²) in [5.74, 6) is 1.59. The Kier molecular flexibility index (Phi) is 7.67. The van der Waals surface area contributed by atoms with Crippen molar-refractivity contribution in [2.45, 2.75) is 19.5 Å². The number of hydrogen-bond donors (Lipinski definition) is 0. The van der Waals surface area contributed by atoms with Gasteiger partial charge in [0.25, 0.3) is 5.91 Å². The summed E-state index contributed by atoms with van der Waals surface area (Å²) in [6.45, 7) is 1.85. The van der Waals surface area contributed by atoms with Crippen molar-refractivity contribution in [2.75, 3.05) is 20.6 Å². The minimum Gasteiger partial charge on any atom is -0.464 e. The van der Waals surface area contributed by atoms with E-state index in [1.165, 1.54) is 0 Å². The Labute approximate surface area is 203 Å². The number of rotatable bonds is 5. The van der Waals surface area contributed by atoms with Crippen LogP contribution in [-0.2, 0) is 19.5 Å². The zero-order chi connectivity index (χ0) is 22.1. The molecule has 4 rings (SSSR count). The predicted octanol–water partition coefficient (Wildman–Crippen LogP) is 5.50. The van der Waals surface area contributed by atoms with Crippen LogP contribution in [0.5, 0.6) is 0 Å². The van der Waals surface area contributed by atoms with E-state index in [4.69, 9.17) is 27.6 Å². The molecule has 0 spiro atoms. The molecule has 1 aliphatic rings. The van der Waals surface area contributed by atoms with Gasteiger partial charge in [0.1, 0.15) is 11.5 Å². The zero-order valence-electron chi connectivity index (χ0n) is 17.7. The first-order valence-corrected chi connectivity index (χ1v) is 10.7. The molecule has 0 radical (unpaired) electrons. The van der Waals surface area contributed by atoms with E-state index in [1.54, 1.807) is 42.5 Å². The molecule has 0 bridgehead atoms. The van der Waals surface area contributed by atoms with Crippen LogP contribution in [0.4, 0.5) is 0 Å². The fraction of sp³-hybridized carbons (Fsp3) is 0.250. The third-order valence-electron chi connectivity index (χ3n) is 5.25. The number of furan rings is 1. The lowest BCUT2D eigenvalue weighted by atomic mass is 10.0. The van der Waals surface area contributed by atoms with Gasteiger partial charge in [0.2, 0.25) is 0 Å². The van der Waals surface area contributed by atoms with Crippen molar-refractivity contribution < 1.29 is 14.0 Å². The fourth-order valence-electron chi connectivity index (χ4n) is 3.73. The molecule has 0 atom stereocenters. The van der Waals surface area contributed by atoms with Crippen molar-refractivity contribution in [3.05, 3.63) is 92.4 Å². The van der Waals surface area contributed by atoms with Crippen molar-refractivity contribution in [1.82, 2.24) is 9.80 Å². The fourth-order valence-corrected chi connectivity index (χ4v) is 4.23. The maximum absolute atomic E-state index is 13.0. The molecule has 32 heavy (non-hydrogen) atoms. The maximum Gasteiger partial charge on any atom is 0.254 e. The number of amides is 1. The average Bonchev–Trinajstić information content (AvgIpc) is 3.13. The largest absolute Gasteiger partial charge is 0.464 e. The lowest BCUT2D eigenvalue weighted by Crippen LogP contribution is -2.35. The molecular formula is C24H23Cl3N2O3. The van der Waals surface area contributed by atoms with Gasteiger partial charge in [-0.3, -0.25) is 9.59 Å². The minimum atomic E-state index is -0.213. The standard InChI is InChI=1S/C24H22Cl2N2O3.ClH/c1-27(2)14-19-11-17-13-28(10-9-22(17)31-19)24(30)16-5-3-15(4-6-16)23(29)20-8-7-18(25)12-21(20)26;/h3-8,11-12H,9-10,13-14H2,1-2H3;1H. The van der Waals surface area contributed by atoms with Gasteiger partial charge in [0.05, 0.1) is 11.6 Å². The minimum absolute atomic E-state index is 0. The molecule has 0 saturated carbocycles. The third-order valence-corrected chi connectivity index (χ3v) is 5.79. The number of benzene rings is 2. The van der Waals surface area contributed by atoms with Crippen molar-refractivity contribution in [3.8, 4) is 0 Å². The van der Waals surface area contributed by atoms with Gasteiger partial charge in [0, 0.05) is 46.8 Å². The summed E-state index contributed by atoms with van der Waals surface area (Å²) in [5.41, 5.74) is 2.44. The van der Waals surface area contributed by atoms with Gasteiger partial charge in [-0.05, 0) is 50.5 Å². The van der Waals surface area contributed by atoms with Gasteiger partial charge in [-0.15, -0.1) is 12.4 Å². The lowest BCUT2D eigenvalue weighted by molar-refractivity contribution is 0.0729. The smallest absolute Gasteiger partial charge is 0.254 e. The van der Waals surface area contributed by atoms with E-state index in [2.05, 4.69) is 0 Å². The van der Waals surface area contributed by atoms with Crippen molar-refractivity contribution in [2.24, 2.45) is 0 Å². The first-order valence-electron chi connectivity index (χ1n) is 9.96. The molecule has 0 aliphatic carbocycles. The first-order chi connectivity index (χ1) is 14.8. The third kappa shape index (κ3) is 5.18. The maximum atomic E-state index is 13.0. The highest BCUT2D eigenvalue weighted by atomic mass is 35.5. The van der Waals surface area contributed by atoms with E-state index in [-0.39, 0.29) is 24.1 Å². The highest BCUT2D eigenvalue weighted by Crippen LogP contribution is 2.26. The molecule has 3 aromatic rings. The molecule has 0 N–H and O–H groups in total. The number of carbonyl (C=O) groups excluding carboxylic acids is 2. The summed E-state index contributed by atoms with van der Waals surface area (Å²) in [5, 5.41) is 0.772. The second-order valence-electron chi connectivity index (χ2n) is 7.91. The van der Waals surface area contributed by atoms with Gasteiger partial charge < -0.3 is 14.2 Å². The van der Waals surface area contributed by atoms with Gasteiger partial charge in [-0.2, -0.15) is 0 Å². The zero-order valence-corrected chi connectivity index (χ0v) is 20.1. The number of nitrogens with zero attached hydrogens (tertiary/aromatic N) is 2. The summed E-state index contributed by atoms with van der Waals surface area (Å²) >= 11 is 12.1. The summed E-state index contributed by atoms with van der Waals surface area (Å²) < 4.78 is 5.92. The predicted molar refractivity (Wildman–Crippen MR) is 128 cm³/mol. The SMILES string of the molecule is CN(C)Cc1cc2c(o1)CCN(C(=O)c1ccc(C(=O)c3ccc(Cl)cc3Cl)cc1)C2.Cl. The molecule has 1 amide bonds. The molecule has 5 nitrogen and oxygen atoms in total. The summed E-state index contributed by atoms with van der Waals surface area (Å²) in [7, 11) is 3.99. The Balaban J connectivity index is 0.00000289. The molecule has 1 aliphatic heterocycles. The number of carbonyl (C=O) groups is 2. The number of halogens is 3. The number of hydrogen-bond acceptors (Lipinski definition) is 4. The number of fused-ring (bicyclic) bond motifs is 1. The van der Waals surface area contributed by atoms with E-state index in [0.717, 1.165) is 23.6 Å². The van der Waals surface area contributed by atoms with E-state index < -0.39 is 0 Å². The van der Waals surface area contributed by atoms with Crippen molar-refractivity contribution in [1.29, 1.82) is 0 Å². The Morgan fingerprint density at radius 1 is 1.03 bits per heavy atom. The Hall–Kier alpha value is -2.31. The van der Waals surface area contributed by atoms with Crippen LogP contribution in [0.15, 0.2) is 52.9 Å². The first kappa shape index (κ1) is 24.3. The van der Waals surface area contributed by atoms with E-state index in [9.17, 15) is 9.59 Å². The Morgan fingerprint density at radius 3 is 2.38 bits per heavy atom. The molecule has 0 saturated heterocycles.